The molecule has 12 heavy (non-hydrogen) atoms. The first-order chi connectivity index (χ1) is 5.74. The summed E-state index contributed by atoms with van der Waals surface area (Å²) in [5, 5.41) is 0. The smallest absolute Gasteiger partial charge is 0.216 e. The van der Waals surface area contributed by atoms with E-state index in [0.717, 1.165) is 10.8 Å². The Hall–Kier alpha value is -0.770. The van der Waals surface area contributed by atoms with Gasteiger partial charge in [-0.15, -0.1) is 0 Å². The Morgan fingerprint density at radius 2 is 2.42 bits per heavy atom. The van der Waals surface area contributed by atoms with Crippen LogP contribution >= 0.6 is 15.9 Å². The van der Waals surface area contributed by atoms with Gasteiger partial charge in [0.1, 0.15) is 6.29 Å². The van der Waals surface area contributed by atoms with Gasteiger partial charge in [-0.3, -0.25) is 0 Å². The van der Waals surface area contributed by atoms with E-state index in [2.05, 4.69) is 20.9 Å². The summed E-state index contributed by atoms with van der Waals surface area (Å²) >= 11 is 3.17. The number of carbonyl (C=O) groups is 1. The van der Waals surface area contributed by atoms with Crippen LogP contribution in [0.4, 0.5) is 4.39 Å². The van der Waals surface area contributed by atoms with Crippen molar-refractivity contribution in [1.82, 2.24) is 4.98 Å². The SMILES string of the molecule is O=CCCc1cc(Br)cnc1F. The van der Waals surface area contributed by atoms with Gasteiger partial charge in [-0.25, -0.2) is 4.98 Å². The van der Waals surface area contributed by atoms with E-state index in [1.54, 1.807) is 6.07 Å². The van der Waals surface area contributed by atoms with Crippen LogP contribution in [0, 0.1) is 5.95 Å². The van der Waals surface area contributed by atoms with Crippen molar-refractivity contribution in [2.45, 2.75) is 12.8 Å². The summed E-state index contributed by atoms with van der Waals surface area (Å²) in [6, 6.07) is 1.63. The predicted octanol–water partition coefficient (Wildman–Crippen LogP) is 2.11. The molecule has 1 rings (SSSR count). The number of carbonyl (C=O) groups excluding carboxylic acids is 1. The molecule has 0 radical (unpaired) electrons. The number of aryl methyl sites for hydroxylation is 1. The summed E-state index contributed by atoms with van der Waals surface area (Å²) in [5.41, 5.74) is 0.469. The topological polar surface area (TPSA) is 30.0 Å². The molecule has 4 heteroatoms. The Bertz CT molecular complexity index is 290. The molecular formula is C8H7BrFNO. The minimum atomic E-state index is -0.500. The van der Waals surface area contributed by atoms with Crippen molar-refractivity contribution in [2.75, 3.05) is 0 Å². The summed E-state index contributed by atoms with van der Waals surface area (Å²) in [7, 11) is 0. The maximum absolute atomic E-state index is 12.8. The zero-order chi connectivity index (χ0) is 8.97. The summed E-state index contributed by atoms with van der Waals surface area (Å²) < 4.78 is 13.6. The van der Waals surface area contributed by atoms with E-state index in [0.29, 0.717) is 18.4 Å². The zero-order valence-electron chi connectivity index (χ0n) is 6.26. The summed E-state index contributed by atoms with van der Waals surface area (Å²) in [6.07, 6.45) is 2.89. The third kappa shape index (κ3) is 2.37. The number of hydrogen-bond donors (Lipinski definition) is 0. The van der Waals surface area contributed by atoms with Crippen LogP contribution in [-0.2, 0) is 11.2 Å². The predicted molar refractivity (Wildman–Crippen MR) is 46.3 cm³/mol. The molecule has 0 aliphatic heterocycles. The molecule has 0 bridgehead atoms. The fraction of sp³-hybridized carbons (Fsp3) is 0.250. The Balaban J connectivity index is 2.82. The fourth-order valence-corrected chi connectivity index (χ4v) is 1.23. The summed E-state index contributed by atoms with van der Waals surface area (Å²) in [5.74, 6) is -0.500. The number of halogens is 2. The molecule has 0 aliphatic rings. The van der Waals surface area contributed by atoms with Gasteiger partial charge in [-0.1, -0.05) is 0 Å². The lowest BCUT2D eigenvalue weighted by Gasteiger charge is -1.99. The highest BCUT2D eigenvalue weighted by Crippen LogP contribution is 2.13. The number of aromatic nitrogens is 1. The molecule has 64 valence electrons. The quantitative estimate of drug-likeness (QED) is 0.590. The molecular weight excluding hydrogens is 225 g/mol. The van der Waals surface area contributed by atoms with Gasteiger partial charge in [-0.2, -0.15) is 4.39 Å². The number of hydrogen-bond acceptors (Lipinski definition) is 2. The molecule has 0 saturated carbocycles. The lowest BCUT2D eigenvalue weighted by molar-refractivity contribution is -0.107. The molecule has 2 nitrogen and oxygen atoms in total. The van der Waals surface area contributed by atoms with Gasteiger partial charge in [0.25, 0.3) is 0 Å². The van der Waals surface area contributed by atoms with Crippen LogP contribution in [0.3, 0.4) is 0 Å². The molecule has 0 atom stereocenters. The minimum absolute atomic E-state index is 0.328. The number of aldehydes is 1. The molecule has 0 N–H and O–H groups in total. The van der Waals surface area contributed by atoms with Crippen LogP contribution in [0.25, 0.3) is 0 Å². The van der Waals surface area contributed by atoms with Crippen molar-refractivity contribution in [2.24, 2.45) is 0 Å². The lowest BCUT2D eigenvalue weighted by atomic mass is 10.2. The van der Waals surface area contributed by atoms with Crippen LogP contribution in [0.2, 0.25) is 0 Å². The lowest BCUT2D eigenvalue weighted by Crippen LogP contribution is -1.94. The van der Waals surface area contributed by atoms with Gasteiger partial charge in [0.2, 0.25) is 5.95 Å². The van der Waals surface area contributed by atoms with Crippen molar-refractivity contribution in [3.8, 4) is 0 Å². The monoisotopic (exact) mass is 231 g/mol. The van der Waals surface area contributed by atoms with Crippen molar-refractivity contribution in [1.29, 1.82) is 0 Å². The molecule has 0 spiro atoms. The van der Waals surface area contributed by atoms with Crippen LogP contribution in [-0.4, -0.2) is 11.3 Å². The van der Waals surface area contributed by atoms with Crippen LogP contribution in [0.15, 0.2) is 16.7 Å². The Labute approximate surface area is 77.9 Å². The molecule has 1 aromatic rings. The Morgan fingerprint density at radius 3 is 3.08 bits per heavy atom. The summed E-state index contributed by atoms with van der Waals surface area (Å²) in [6.45, 7) is 0. The second-order valence-electron chi connectivity index (χ2n) is 2.31. The fourth-order valence-electron chi connectivity index (χ4n) is 0.854. The van der Waals surface area contributed by atoms with Crippen molar-refractivity contribution < 1.29 is 9.18 Å². The van der Waals surface area contributed by atoms with E-state index in [9.17, 15) is 9.18 Å². The Kier molecular flexibility index (Phi) is 3.34. The van der Waals surface area contributed by atoms with Gasteiger partial charge in [-0.05, 0) is 28.4 Å². The third-order valence-electron chi connectivity index (χ3n) is 1.41. The Morgan fingerprint density at radius 1 is 1.67 bits per heavy atom. The standard InChI is InChI=1S/C8H7BrFNO/c9-7-4-6(2-1-3-12)8(10)11-5-7/h3-5H,1-2H2. The van der Waals surface area contributed by atoms with E-state index in [1.807, 2.05) is 0 Å². The average Bonchev–Trinajstić information content (AvgIpc) is 2.07. The molecule has 0 amide bonds. The average molecular weight is 232 g/mol. The zero-order valence-corrected chi connectivity index (χ0v) is 7.84. The van der Waals surface area contributed by atoms with Gasteiger partial charge in [0.15, 0.2) is 0 Å². The molecule has 1 aromatic heterocycles. The van der Waals surface area contributed by atoms with E-state index < -0.39 is 5.95 Å². The molecule has 1 heterocycles. The maximum Gasteiger partial charge on any atom is 0.216 e. The second-order valence-corrected chi connectivity index (χ2v) is 3.22. The van der Waals surface area contributed by atoms with E-state index >= 15 is 0 Å². The minimum Gasteiger partial charge on any atom is -0.303 e. The second kappa shape index (κ2) is 4.30. The van der Waals surface area contributed by atoms with E-state index in [1.165, 1.54) is 6.20 Å². The van der Waals surface area contributed by atoms with Crippen LogP contribution in [0.5, 0.6) is 0 Å². The molecule has 0 unspecified atom stereocenters. The molecule has 0 aliphatic carbocycles. The van der Waals surface area contributed by atoms with Crippen LogP contribution < -0.4 is 0 Å². The largest absolute Gasteiger partial charge is 0.303 e. The normalized spacial score (nSPS) is 9.83. The highest BCUT2D eigenvalue weighted by molar-refractivity contribution is 9.10. The van der Waals surface area contributed by atoms with Gasteiger partial charge < -0.3 is 4.79 Å². The van der Waals surface area contributed by atoms with E-state index in [4.69, 9.17) is 0 Å². The first-order valence-corrected chi connectivity index (χ1v) is 4.27. The van der Waals surface area contributed by atoms with Crippen LogP contribution in [0.1, 0.15) is 12.0 Å². The molecule has 0 fully saturated rings. The number of nitrogens with zero attached hydrogens (tertiary/aromatic N) is 1. The maximum atomic E-state index is 12.8. The van der Waals surface area contributed by atoms with E-state index in [-0.39, 0.29) is 0 Å². The molecule has 0 saturated heterocycles. The highest BCUT2D eigenvalue weighted by atomic mass is 79.9. The third-order valence-corrected chi connectivity index (χ3v) is 1.84. The highest BCUT2D eigenvalue weighted by Gasteiger charge is 2.02. The first kappa shape index (κ1) is 9.32. The first-order valence-electron chi connectivity index (χ1n) is 3.47. The van der Waals surface area contributed by atoms with Crippen molar-refractivity contribution in [3.05, 3.63) is 28.2 Å². The van der Waals surface area contributed by atoms with Gasteiger partial charge >= 0.3 is 0 Å². The number of rotatable bonds is 3. The van der Waals surface area contributed by atoms with Crippen molar-refractivity contribution >= 4 is 22.2 Å². The number of pyridine rings is 1. The molecule has 0 aromatic carbocycles. The van der Waals surface area contributed by atoms with Crippen molar-refractivity contribution in [3.63, 3.8) is 0 Å². The van der Waals surface area contributed by atoms with Gasteiger partial charge in [0.05, 0.1) is 0 Å². The van der Waals surface area contributed by atoms with Gasteiger partial charge in [0, 0.05) is 22.7 Å². The summed E-state index contributed by atoms with van der Waals surface area (Å²) in [4.78, 5) is 13.5.